The SMILES string of the molecule is COC1CCCCB1C. The van der Waals surface area contributed by atoms with E-state index in [1.165, 1.54) is 25.6 Å². The van der Waals surface area contributed by atoms with E-state index in [4.69, 9.17) is 4.74 Å². The van der Waals surface area contributed by atoms with Crippen LogP contribution in [0, 0.1) is 0 Å². The molecule has 1 fully saturated rings. The van der Waals surface area contributed by atoms with Crippen molar-refractivity contribution in [3.63, 3.8) is 0 Å². The molecule has 0 spiro atoms. The highest BCUT2D eigenvalue weighted by Crippen LogP contribution is 2.19. The van der Waals surface area contributed by atoms with E-state index in [1.807, 2.05) is 7.11 Å². The van der Waals surface area contributed by atoms with E-state index in [0.29, 0.717) is 6.00 Å². The van der Waals surface area contributed by atoms with E-state index < -0.39 is 0 Å². The molecule has 1 unspecified atom stereocenters. The molecule has 2 heteroatoms. The Hall–Kier alpha value is 0.0249. The Morgan fingerprint density at radius 3 is 2.67 bits per heavy atom. The molecule has 1 aliphatic heterocycles. The summed E-state index contributed by atoms with van der Waals surface area (Å²) >= 11 is 0. The zero-order valence-electron chi connectivity index (χ0n) is 6.39. The molecule has 0 aromatic heterocycles. The van der Waals surface area contributed by atoms with E-state index >= 15 is 0 Å². The summed E-state index contributed by atoms with van der Waals surface area (Å²) in [4.78, 5) is 0. The van der Waals surface area contributed by atoms with E-state index in [9.17, 15) is 0 Å². The van der Waals surface area contributed by atoms with Crippen LogP contribution < -0.4 is 0 Å². The summed E-state index contributed by atoms with van der Waals surface area (Å²) in [6.07, 6.45) is 5.40. The molecule has 1 heterocycles. The highest BCUT2D eigenvalue weighted by Gasteiger charge is 2.23. The minimum atomic E-state index is 0.554. The summed E-state index contributed by atoms with van der Waals surface area (Å²) < 4.78 is 5.30. The first-order valence-corrected chi connectivity index (χ1v) is 3.87. The van der Waals surface area contributed by atoms with Crippen molar-refractivity contribution < 1.29 is 4.74 Å². The molecule has 0 bridgehead atoms. The Labute approximate surface area is 57.9 Å². The lowest BCUT2D eigenvalue weighted by Crippen LogP contribution is -2.32. The second kappa shape index (κ2) is 3.26. The average Bonchev–Trinajstić information content (AvgIpc) is 1.89. The van der Waals surface area contributed by atoms with Gasteiger partial charge in [-0.2, -0.15) is 0 Å². The molecule has 9 heavy (non-hydrogen) atoms. The van der Waals surface area contributed by atoms with Gasteiger partial charge in [-0.05, 0) is 6.42 Å². The number of hydrogen-bond acceptors (Lipinski definition) is 1. The van der Waals surface area contributed by atoms with Gasteiger partial charge in [0.25, 0.3) is 0 Å². The van der Waals surface area contributed by atoms with E-state index in [2.05, 4.69) is 6.82 Å². The predicted octanol–water partition coefficient (Wildman–Crippen LogP) is 1.85. The third kappa shape index (κ3) is 1.72. The van der Waals surface area contributed by atoms with Crippen LogP contribution in [-0.4, -0.2) is 19.8 Å². The lowest BCUT2D eigenvalue weighted by molar-refractivity contribution is 0.146. The summed E-state index contributed by atoms with van der Waals surface area (Å²) in [5, 5.41) is 0. The van der Waals surface area contributed by atoms with Gasteiger partial charge in [0, 0.05) is 13.1 Å². The normalized spacial score (nSPS) is 28.7. The minimum absolute atomic E-state index is 0.554. The van der Waals surface area contributed by atoms with Crippen molar-refractivity contribution in [2.75, 3.05) is 7.11 Å². The van der Waals surface area contributed by atoms with Crippen LogP contribution in [0.15, 0.2) is 0 Å². The largest absolute Gasteiger partial charge is 0.390 e. The van der Waals surface area contributed by atoms with Gasteiger partial charge in [-0.25, -0.2) is 0 Å². The van der Waals surface area contributed by atoms with Gasteiger partial charge in [0.2, 0.25) is 0 Å². The number of methoxy groups -OCH3 is 1. The van der Waals surface area contributed by atoms with Gasteiger partial charge < -0.3 is 4.74 Å². The standard InChI is InChI=1S/C7H15BO/c1-8-6-4-3-5-7(8)9-2/h7H,3-6H2,1-2H3. The van der Waals surface area contributed by atoms with Crippen LogP contribution in [0.25, 0.3) is 0 Å². The van der Waals surface area contributed by atoms with Crippen LogP contribution in [0.3, 0.4) is 0 Å². The molecule has 0 aromatic carbocycles. The predicted molar refractivity (Wildman–Crippen MR) is 41.1 cm³/mol. The molecule has 0 saturated carbocycles. The van der Waals surface area contributed by atoms with Crippen LogP contribution in [0.5, 0.6) is 0 Å². The summed E-state index contributed by atoms with van der Waals surface area (Å²) in [6.45, 7) is 3.08. The maximum atomic E-state index is 5.30. The van der Waals surface area contributed by atoms with Crippen molar-refractivity contribution in [2.45, 2.75) is 38.4 Å². The van der Waals surface area contributed by atoms with Crippen LogP contribution in [0.4, 0.5) is 0 Å². The molecule has 0 N–H and O–H groups in total. The van der Waals surface area contributed by atoms with Crippen molar-refractivity contribution in [2.24, 2.45) is 0 Å². The zero-order valence-corrected chi connectivity index (χ0v) is 6.39. The first-order chi connectivity index (χ1) is 4.34. The summed E-state index contributed by atoms with van der Waals surface area (Å²) in [6, 6.07) is 0.554. The molecule has 1 saturated heterocycles. The van der Waals surface area contributed by atoms with Gasteiger partial charge in [0.15, 0.2) is 6.71 Å². The Morgan fingerprint density at radius 1 is 1.44 bits per heavy atom. The fourth-order valence-electron chi connectivity index (χ4n) is 1.63. The highest BCUT2D eigenvalue weighted by molar-refractivity contribution is 6.58. The smallest absolute Gasteiger partial charge is 0.172 e. The van der Waals surface area contributed by atoms with Crippen molar-refractivity contribution >= 4 is 6.71 Å². The van der Waals surface area contributed by atoms with Gasteiger partial charge >= 0.3 is 0 Å². The average molecular weight is 126 g/mol. The molecular formula is C7H15BO. The van der Waals surface area contributed by atoms with Gasteiger partial charge in [-0.1, -0.05) is 26.0 Å². The lowest BCUT2D eigenvalue weighted by Gasteiger charge is -2.24. The van der Waals surface area contributed by atoms with Gasteiger partial charge in [0.05, 0.1) is 0 Å². The molecule has 1 nitrogen and oxygen atoms in total. The molecule has 0 amide bonds. The fraction of sp³-hybridized carbons (Fsp3) is 1.00. The van der Waals surface area contributed by atoms with Crippen molar-refractivity contribution in [1.82, 2.24) is 0 Å². The number of rotatable bonds is 1. The lowest BCUT2D eigenvalue weighted by atomic mass is 9.41. The van der Waals surface area contributed by atoms with E-state index in [0.717, 1.165) is 6.71 Å². The van der Waals surface area contributed by atoms with Crippen LogP contribution in [-0.2, 0) is 4.74 Å². The molecule has 1 atom stereocenters. The van der Waals surface area contributed by atoms with Crippen LogP contribution in [0.2, 0.25) is 13.1 Å². The summed E-state index contributed by atoms with van der Waals surface area (Å²) in [5.74, 6) is 0. The fourth-order valence-corrected chi connectivity index (χ4v) is 1.63. The third-order valence-corrected chi connectivity index (χ3v) is 2.34. The van der Waals surface area contributed by atoms with Gasteiger partial charge in [0.1, 0.15) is 0 Å². The first kappa shape index (κ1) is 7.14. The maximum Gasteiger partial charge on any atom is 0.172 e. The monoisotopic (exact) mass is 126 g/mol. The maximum absolute atomic E-state index is 5.30. The summed E-state index contributed by atoms with van der Waals surface area (Å²) in [5.41, 5.74) is 0. The number of hydrogen-bond donors (Lipinski definition) is 0. The molecule has 1 rings (SSSR count). The zero-order chi connectivity index (χ0) is 6.69. The molecule has 0 aromatic rings. The van der Waals surface area contributed by atoms with Gasteiger partial charge in [-0.3, -0.25) is 0 Å². The third-order valence-electron chi connectivity index (χ3n) is 2.34. The topological polar surface area (TPSA) is 9.23 Å². The first-order valence-electron chi connectivity index (χ1n) is 3.87. The van der Waals surface area contributed by atoms with Crippen LogP contribution in [0.1, 0.15) is 19.3 Å². The van der Waals surface area contributed by atoms with Crippen LogP contribution >= 0.6 is 0 Å². The Kier molecular flexibility index (Phi) is 2.58. The summed E-state index contributed by atoms with van der Waals surface area (Å²) in [7, 11) is 1.83. The molecule has 0 aliphatic carbocycles. The second-order valence-electron chi connectivity index (χ2n) is 3.04. The molecule has 0 radical (unpaired) electrons. The Balaban J connectivity index is 2.30. The van der Waals surface area contributed by atoms with E-state index in [-0.39, 0.29) is 0 Å². The van der Waals surface area contributed by atoms with Gasteiger partial charge in [-0.15, -0.1) is 0 Å². The second-order valence-corrected chi connectivity index (χ2v) is 3.04. The van der Waals surface area contributed by atoms with Crippen molar-refractivity contribution in [3.8, 4) is 0 Å². The highest BCUT2D eigenvalue weighted by atomic mass is 16.5. The van der Waals surface area contributed by atoms with Crippen molar-refractivity contribution in [3.05, 3.63) is 0 Å². The Bertz CT molecular complexity index is 85.0. The molecular weight excluding hydrogens is 111 g/mol. The number of ether oxygens (including phenoxy) is 1. The van der Waals surface area contributed by atoms with E-state index in [1.54, 1.807) is 0 Å². The quantitative estimate of drug-likeness (QED) is 0.487. The Morgan fingerprint density at radius 2 is 2.22 bits per heavy atom. The molecule has 52 valence electrons. The van der Waals surface area contributed by atoms with Crippen molar-refractivity contribution in [1.29, 1.82) is 0 Å². The minimum Gasteiger partial charge on any atom is -0.390 e. The molecule has 1 aliphatic rings.